The summed E-state index contributed by atoms with van der Waals surface area (Å²) < 4.78 is 0. The van der Waals surface area contributed by atoms with E-state index in [1.807, 2.05) is 0 Å². The van der Waals surface area contributed by atoms with Gasteiger partial charge in [0, 0.05) is 5.92 Å². The number of hydrazine groups is 1. The van der Waals surface area contributed by atoms with Gasteiger partial charge in [-0.3, -0.25) is 4.79 Å². The van der Waals surface area contributed by atoms with Gasteiger partial charge in [0.25, 0.3) is 0 Å². The molecule has 0 aromatic heterocycles. The zero-order chi connectivity index (χ0) is 8.27. The van der Waals surface area contributed by atoms with Crippen LogP contribution in [0, 0.1) is 5.92 Å². The van der Waals surface area contributed by atoms with E-state index in [1.54, 1.807) is 0 Å². The molecule has 0 heterocycles. The number of rotatable bonds is 1. The van der Waals surface area contributed by atoms with E-state index in [9.17, 15) is 4.79 Å². The molecule has 1 aliphatic rings. The molecular weight excluding hydrogens is 162 g/mol. The number of carbonyl (C=O) groups is 1. The summed E-state index contributed by atoms with van der Waals surface area (Å²) in [4.78, 5) is 11.1. The van der Waals surface area contributed by atoms with E-state index in [0.717, 1.165) is 19.3 Å². The van der Waals surface area contributed by atoms with Gasteiger partial charge < -0.3 is 10.7 Å². The SMILES string of the molecule is NNC(=S)NC(=O)C1CCC1. The number of thiocarbonyl (C=S) groups is 1. The molecule has 62 valence electrons. The highest BCUT2D eigenvalue weighted by Gasteiger charge is 2.25. The summed E-state index contributed by atoms with van der Waals surface area (Å²) in [6, 6.07) is 0. The Morgan fingerprint density at radius 1 is 1.55 bits per heavy atom. The fourth-order valence-electron chi connectivity index (χ4n) is 0.920. The lowest BCUT2D eigenvalue weighted by Crippen LogP contribution is -2.46. The van der Waals surface area contributed by atoms with Crippen molar-refractivity contribution in [3.63, 3.8) is 0 Å². The highest BCUT2D eigenvalue weighted by molar-refractivity contribution is 7.80. The van der Waals surface area contributed by atoms with Crippen LogP contribution in [0.3, 0.4) is 0 Å². The minimum absolute atomic E-state index is 0.0146. The molecule has 4 nitrogen and oxygen atoms in total. The molecule has 1 aliphatic carbocycles. The number of carbonyl (C=O) groups excluding carboxylic acids is 1. The molecule has 0 saturated heterocycles. The first-order chi connectivity index (χ1) is 5.24. The normalized spacial score (nSPS) is 16.8. The second kappa shape index (κ2) is 3.64. The maximum absolute atomic E-state index is 11.1. The van der Waals surface area contributed by atoms with Crippen molar-refractivity contribution in [2.45, 2.75) is 19.3 Å². The number of nitrogens with one attached hydrogen (secondary N) is 2. The molecule has 11 heavy (non-hydrogen) atoms. The van der Waals surface area contributed by atoms with Crippen molar-refractivity contribution >= 4 is 23.2 Å². The van der Waals surface area contributed by atoms with Gasteiger partial charge >= 0.3 is 0 Å². The van der Waals surface area contributed by atoms with Gasteiger partial charge in [-0.15, -0.1) is 0 Å². The minimum atomic E-state index is -0.0146. The van der Waals surface area contributed by atoms with Crippen LogP contribution in [0.5, 0.6) is 0 Å². The first-order valence-corrected chi connectivity index (χ1v) is 3.96. The Morgan fingerprint density at radius 2 is 2.18 bits per heavy atom. The fraction of sp³-hybridized carbons (Fsp3) is 0.667. The predicted molar refractivity (Wildman–Crippen MR) is 45.4 cm³/mol. The molecule has 0 aromatic carbocycles. The van der Waals surface area contributed by atoms with Crippen molar-refractivity contribution in [1.29, 1.82) is 0 Å². The van der Waals surface area contributed by atoms with Gasteiger partial charge in [-0.1, -0.05) is 6.42 Å². The van der Waals surface area contributed by atoms with Crippen LogP contribution in [0.1, 0.15) is 19.3 Å². The van der Waals surface area contributed by atoms with E-state index in [2.05, 4.69) is 23.0 Å². The molecule has 0 aromatic rings. The molecule has 0 aliphatic heterocycles. The Bertz CT molecular complexity index is 179. The summed E-state index contributed by atoms with van der Waals surface area (Å²) in [5, 5.41) is 2.68. The van der Waals surface area contributed by atoms with Crippen LogP contribution < -0.4 is 16.6 Å². The molecule has 0 spiro atoms. The average molecular weight is 173 g/mol. The van der Waals surface area contributed by atoms with E-state index in [-0.39, 0.29) is 16.9 Å². The van der Waals surface area contributed by atoms with Gasteiger partial charge in [-0.2, -0.15) is 0 Å². The number of nitrogens with two attached hydrogens (primary N) is 1. The number of hydrogen-bond acceptors (Lipinski definition) is 3. The van der Waals surface area contributed by atoms with Crippen LogP contribution in [-0.4, -0.2) is 11.0 Å². The lowest BCUT2D eigenvalue weighted by atomic mass is 9.85. The van der Waals surface area contributed by atoms with Gasteiger partial charge in [-0.05, 0) is 25.1 Å². The Morgan fingerprint density at radius 3 is 2.55 bits per heavy atom. The van der Waals surface area contributed by atoms with Gasteiger partial charge in [0.15, 0.2) is 5.11 Å². The maximum Gasteiger partial charge on any atom is 0.229 e. The number of hydrogen-bond donors (Lipinski definition) is 3. The van der Waals surface area contributed by atoms with Crippen molar-refractivity contribution in [1.82, 2.24) is 10.7 Å². The first-order valence-electron chi connectivity index (χ1n) is 3.55. The second-order valence-electron chi connectivity index (χ2n) is 2.59. The lowest BCUT2D eigenvalue weighted by Gasteiger charge is -2.23. The largest absolute Gasteiger partial charge is 0.302 e. The third kappa shape index (κ3) is 2.13. The van der Waals surface area contributed by atoms with Crippen LogP contribution in [-0.2, 0) is 4.79 Å². The first kappa shape index (κ1) is 8.42. The molecule has 0 unspecified atom stereocenters. The van der Waals surface area contributed by atoms with Crippen LogP contribution in [0.4, 0.5) is 0 Å². The standard InChI is InChI=1S/C6H11N3OS/c7-9-6(11)8-5(10)4-2-1-3-4/h4H,1-3,7H2,(H2,8,9,10,11). The second-order valence-corrected chi connectivity index (χ2v) is 3.00. The van der Waals surface area contributed by atoms with Crippen LogP contribution in [0.15, 0.2) is 0 Å². The molecule has 1 amide bonds. The van der Waals surface area contributed by atoms with E-state index in [1.165, 1.54) is 0 Å². The zero-order valence-electron chi connectivity index (χ0n) is 6.09. The van der Waals surface area contributed by atoms with Crippen LogP contribution >= 0.6 is 12.2 Å². The average Bonchev–Trinajstić information content (AvgIpc) is 1.83. The smallest absolute Gasteiger partial charge is 0.229 e. The highest BCUT2D eigenvalue weighted by atomic mass is 32.1. The maximum atomic E-state index is 11.1. The van der Waals surface area contributed by atoms with Gasteiger partial charge in [0.1, 0.15) is 0 Å². The Labute approximate surface area is 70.5 Å². The molecular formula is C6H11N3OS. The number of amides is 1. The Hall–Kier alpha value is -0.680. The monoisotopic (exact) mass is 173 g/mol. The van der Waals surface area contributed by atoms with Crippen molar-refractivity contribution in [2.24, 2.45) is 11.8 Å². The zero-order valence-corrected chi connectivity index (χ0v) is 6.91. The summed E-state index contributed by atoms with van der Waals surface area (Å²) in [5.41, 5.74) is 2.20. The molecule has 5 heteroatoms. The Kier molecular flexibility index (Phi) is 2.78. The third-order valence-electron chi connectivity index (χ3n) is 1.84. The van der Waals surface area contributed by atoms with Crippen molar-refractivity contribution < 1.29 is 4.79 Å². The van der Waals surface area contributed by atoms with Crippen molar-refractivity contribution in [2.75, 3.05) is 0 Å². The summed E-state index contributed by atoms with van der Waals surface area (Å²) in [5.74, 6) is 5.11. The van der Waals surface area contributed by atoms with Crippen molar-refractivity contribution in [3.05, 3.63) is 0 Å². The quantitative estimate of drug-likeness (QED) is 0.288. The van der Waals surface area contributed by atoms with E-state index in [4.69, 9.17) is 5.84 Å². The topological polar surface area (TPSA) is 67.2 Å². The predicted octanol–water partition coefficient (Wildman–Crippen LogP) is -0.349. The van der Waals surface area contributed by atoms with Gasteiger partial charge in [0.2, 0.25) is 5.91 Å². The molecule has 1 saturated carbocycles. The van der Waals surface area contributed by atoms with Gasteiger partial charge in [0.05, 0.1) is 0 Å². The molecule has 1 rings (SSSR count). The summed E-state index contributed by atoms with van der Waals surface area (Å²) in [6.45, 7) is 0. The lowest BCUT2D eigenvalue weighted by molar-refractivity contribution is -0.125. The molecule has 1 fully saturated rings. The molecule has 4 N–H and O–H groups in total. The Balaban J connectivity index is 2.25. The summed E-state index contributed by atoms with van der Waals surface area (Å²) >= 11 is 4.65. The van der Waals surface area contributed by atoms with Gasteiger partial charge in [-0.25, -0.2) is 5.84 Å². The highest BCUT2D eigenvalue weighted by Crippen LogP contribution is 2.25. The van der Waals surface area contributed by atoms with E-state index >= 15 is 0 Å². The van der Waals surface area contributed by atoms with Crippen LogP contribution in [0.2, 0.25) is 0 Å². The summed E-state index contributed by atoms with van der Waals surface area (Å²) in [6.07, 6.45) is 3.08. The third-order valence-corrected chi connectivity index (χ3v) is 2.06. The van der Waals surface area contributed by atoms with Crippen LogP contribution in [0.25, 0.3) is 0 Å². The molecule has 0 atom stereocenters. The van der Waals surface area contributed by atoms with Crippen molar-refractivity contribution in [3.8, 4) is 0 Å². The molecule has 0 bridgehead atoms. The minimum Gasteiger partial charge on any atom is -0.302 e. The summed E-state index contributed by atoms with van der Waals surface area (Å²) in [7, 11) is 0. The van der Waals surface area contributed by atoms with E-state index in [0.29, 0.717) is 0 Å². The fourth-order valence-corrected chi connectivity index (χ4v) is 1.02. The van der Waals surface area contributed by atoms with E-state index < -0.39 is 0 Å². The molecule has 0 radical (unpaired) electrons.